The van der Waals surface area contributed by atoms with Gasteiger partial charge in [0.25, 0.3) is 0 Å². The van der Waals surface area contributed by atoms with E-state index in [0.717, 1.165) is 49.0 Å². The lowest BCUT2D eigenvalue weighted by molar-refractivity contribution is -0.137. The molecule has 0 unspecified atom stereocenters. The second-order valence-electron chi connectivity index (χ2n) is 5.88. The van der Waals surface area contributed by atoms with Crippen molar-refractivity contribution >= 4 is 28.8 Å². The van der Waals surface area contributed by atoms with Gasteiger partial charge in [-0.2, -0.15) is 13.2 Å². The molecule has 25 heavy (non-hydrogen) atoms. The molecule has 3 rings (SSSR count). The van der Waals surface area contributed by atoms with E-state index in [1.54, 1.807) is 11.3 Å². The van der Waals surface area contributed by atoms with Crippen molar-refractivity contribution in [2.45, 2.75) is 26.1 Å². The molecule has 0 radical (unpaired) electrons. The summed E-state index contributed by atoms with van der Waals surface area (Å²) in [4.78, 5) is 12.7. The molecule has 0 bridgehead atoms. The maximum atomic E-state index is 12.7. The molecule has 0 N–H and O–H groups in total. The van der Waals surface area contributed by atoms with Crippen molar-refractivity contribution < 1.29 is 13.2 Å². The van der Waals surface area contributed by atoms with Crippen LogP contribution in [0.3, 0.4) is 0 Å². The second-order valence-corrected chi connectivity index (χ2v) is 7.23. The number of aryl methyl sites for hydroxylation is 1. The van der Waals surface area contributed by atoms with E-state index in [9.17, 15) is 13.2 Å². The Labute approximate surface area is 153 Å². The number of anilines is 1. The highest BCUT2D eigenvalue weighted by Crippen LogP contribution is 2.33. The van der Waals surface area contributed by atoms with Crippen molar-refractivity contribution in [1.29, 1.82) is 0 Å². The van der Waals surface area contributed by atoms with Crippen LogP contribution >= 0.6 is 22.9 Å². The summed E-state index contributed by atoms with van der Waals surface area (Å²) in [7, 11) is 0. The molecule has 9 heteroatoms. The van der Waals surface area contributed by atoms with Gasteiger partial charge in [-0.15, -0.1) is 11.3 Å². The van der Waals surface area contributed by atoms with Crippen molar-refractivity contribution in [1.82, 2.24) is 14.9 Å². The van der Waals surface area contributed by atoms with Crippen molar-refractivity contribution in [3.63, 3.8) is 0 Å². The number of hydrogen-bond donors (Lipinski definition) is 0. The van der Waals surface area contributed by atoms with Gasteiger partial charge in [0.05, 0.1) is 21.3 Å². The summed E-state index contributed by atoms with van der Waals surface area (Å²) in [5, 5.41) is 3.25. The Bertz CT molecular complexity index is 726. The van der Waals surface area contributed by atoms with Gasteiger partial charge < -0.3 is 4.90 Å². The van der Waals surface area contributed by atoms with Gasteiger partial charge in [0, 0.05) is 44.3 Å². The number of pyridine rings is 1. The Hall–Kier alpha value is -1.38. The van der Waals surface area contributed by atoms with Gasteiger partial charge in [-0.3, -0.25) is 4.90 Å². The first kappa shape index (κ1) is 18.4. The molecule has 0 amide bonds. The van der Waals surface area contributed by atoms with Gasteiger partial charge in [-0.1, -0.05) is 18.5 Å². The molecule has 4 nitrogen and oxygen atoms in total. The highest BCUT2D eigenvalue weighted by Gasteiger charge is 2.32. The average molecular weight is 391 g/mol. The minimum atomic E-state index is -4.43. The number of rotatable bonds is 4. The minimum Gasteiger partial charge on any atom is -0.353 e. The molecule has 1 aliphatic rings. The van der Waals surface area contributed by atoms with Gasteiger partial charge in [-0.25, -0.2) is 9.97 Å². The zero-order valence-corrected chi connectivity index (χ0v) is 15.3. The first-order valence-electron chi connectivity index (χ1n) is 8.00. The Morgan fingerprint density at radius 1 is 1.24 bits per heavy atom. The largest absolute Gasteiger partial charge is 0.417 e. The average Bonchev–Trinajstić information content (AvgIpc) is 3.02. The van der Waals surface area contributed by atoms with Gasteiger partial charge >= 0.3 is 6.18 Å². The molecule has 1 fully saturated rings. The van der Waals surface area contributed by atoms with E-state index in [2.05, 4.69) is 27.2 Å². The fraction of sp³-hybridized carbons (Fsp3) is 0.500. The zero-order chi connectivity index (χ0) is 18.0. The number of piperazine rings is 1. The molecule has 2 aromatic rings. The van der Waals surface area contributed by atoms with Gasteiger partial charge in [0.1, 0.15) is 5.82 Å². The molecule has 0 saturated carbocycles. The standard InChI is InChI=1S/C16H18ClF3N4S/c1-2-14-22-12(10-25-14)9-23-3-5-24(6-4-23)15-13(17)7-11(8-21-15)16(18,19)20/h7-8,10H,2-6,9H2,1H3. The first-order valence-corrected chi connectivity index (χ1v) is 9.26. The second kappa shape index (κ2) is 7.47. The topological polar surface area (TPSA) is 32.3 Å². The van der Waals surface area contributed by atoms with Crippen LogP contribution in [0.15, 0.2) is 17.6 Å². The zero-order valence-electron chi connectivity index (χ0n) is 13.7. The lowest BCUT2D eigenvalue weighted by atomic mass is 10.2. The molecular formula is C16H18ClF3N4S. The van der Waals surface area contributed by atoms with Crippen LogP contribution in [0, 0.1) is 0 Å². The fourth-order valence-corrected chi connectivity index (χ4v) is 3.77. The predicted octanol–water partition coefficient (Wildman–Crippen LogP) is 4.09. The SMILES string of the molecule is CCc1nc(CN2CCN(c3ncc(C(F)(F)F)cc3Cl)CC2)cs1. The molecule has 0 aliphatic carbocycles. The number of halogens is 4. The van der Waals surface area contributed by atoms with Crippen LogP contribution in [0.5, 0.6) is 0 Å². The highest BCUT2D eigenvalue weighted by atomic mass is 35.5. The molecular weight excluding hydrogens is 373 g/mol. The Morgan fingerprint density at radius 2 is 1.96 bits per heavy atom. The fourth-order valence-electron chi connectivity index (χ4n) is 2.75. The van der Waals surface area contributed by atoms with Crippen molar-refractivity contribution in [3.05, 3.63) is 38.9 Å². The molecule has 1 saturated heterocycles. The molecule has 0 atom stereocenters. The van der Waals surface area contributed by atoms with Crippen LogP contribution in [0.25, 0.3) is 0 Å². The monoisotopic (exact) mass is 390 g/mol. The number of nitrogens with zero attached hydrogens (tertiary/aromatic N) is 4. The smallest absolute Gasteiger partial charge is 0.353 e. The summed E-state index contributed by atoms with van der Waals surface area (Å²) in [5.74, 6) is 0.413. The Kier molecular flexibility index (Phi) is 5.50. The van der Waals surface area contributed by atoms with E-state index in [0.29, 0.717) is 18.9 Å². The lowest BCUT2D eigenvalue weighted by Gasteiger charge is -2.35. The number of aromatic nitrogens is 2. The third-order valence-corrected chi connectivity index (χ3v) is 5.43. The third kappa shape index (κ3) is 4.43. The lowest BCUT2D eigenvalue weighted by Crippen LogP contribution is -2.46. The van der Waals surface area contributed by atoms with Crippen molar-refractivity contribution in [3.8, 4) is 0 Å². The summed E-state index contributed by atoms with van der Waals surface area (Å²) >= 11 is 7.70. The molecule has 136 valence electrons. The highest BCUT2D eigenvalue weighted by molar-refractivity contribution is 7.09. The molecule has 0 aromatic carbocycles. The van der Waals surface area contributed by atoms with Crippen LogP contribution in [-0.2, 0) is 19.1 Å². The van der Waals surface area contributed by atoms with E-state index >= 15 is 0 Å². The molecule has 1 aliphatic heterocycles. The van der Waals surface area contributed by atoms with Crippen LogP contribution in [0.1, 0.15) is 23.2 Å². The van der Waals surface area contributed by atoms with Gasteiger partial charge in [-0.05, 0) is 12.5 Å². The first-order chi connectivity index (χ1) is 11.9. The van der Waals surface area contributed by atoms with E-state index in [4.69, 9.17) is 11.6 Å². The van der Waals surface area contributed by atoms with E-state index in [-0.39, 0.29) is 5.02 Å². The summed E-state index contributed by atoms with van der Waals surface area (Å²) in [5.41, 5.74) is 0.246. The minimum absolute atomic E-state index is 0.0374. The normalized spacial score (nSPS) is 16.4. The van der Waals surface area contributed by atoms with Crippen LogP contribution in [-0.4, -0.2) is 41.0 Å². The maximum Gasteiger partial charge on any atom is 0.417 e. The summed E-state index contributed by atoms with van der Waals surface area (Å²) < 4.78 is 38.1. The van der Waals surface area contributed by atoms with E-state index in [1.807, 2.05) is 4.90 Å². The Morgan fingerprint density at radius 3 is 2.52 bits per heavy atom. The van der Waals surface area contributed by atoms with Gasteiger partial charge in [0.15, 0.2) is 0 Å². The summed E-state index contributed by atoms with van der Waals surface area (Å²) in [6.07, 6.45) is -2.65. The number of alkyl halides is 3. The summed E-state index contributed by atoms with van der Waals surface area (Å²) in [6.45, 7) is 5.79. The summed E-state index contributed by atoms with van der Waals surface area (Å²) in [6, 6.07) is 0.942. The quantitative estimate of drug-likeness (QED) is 0.787. The van der Waals surface area contributed by atoms with E-state index < -0.39 is 11.7 Å². The number of hydrogen-bond acceptors (Lipinski definition) is 5. The molecule has 2 aromatic heterocycles. The van der Waals surface area contributed by atoms with Crippen LogP contribution in [0.2, 0.25) is 5.02 Å². The maximum absolute atomic E-state index is 12.7. The van der Waals surface area contributed by atoms with Crippen LogP contribution < -0.4 is 4.90 Å². The van der Waals surface area contributed by atoms with Crippen molar-refractivity contribution in [2.24, 2.45) is 0 Å². The van der Waals surface area contributed by atoms with Crippen molar-refractivity contribution in [2.75, 3.05) is 31.1 Å². The molecule has 0 spiro atoms. The Balaban J connectivity index is 1.60. The van der Waals surface area contributed by atoms with E-state index in [1.165, 1.54) is 0 Å². The molecule has 3 heterocycles. The van der Waals surface area contributed by atoms with Crippen LogP contribution in [0.4, 0.5) is 19.0 Å². The third-order valence-electron chi connectivity index (χ3n) is 4.11. The number of thiazole rings is 1. The van der Waals surface area contributed by atoms with Gasteiger partial charge in [0.2, 0.25) is 0 Å². The predicted molar refractivity (Wildman–Crippen MR) is 93.2 cm³/mol.